The number of benzene rings is 1. The molecule has 2 N–H and O–H groups in total. The number of likely N-dealkylation sites (tertiary alicyclic amines) is 1. The molecule has 0 aliphatic carbocycles. The average Bonchev–Trinajstić information content (AvgIpc) is 2.70. The van der Waals surface area contributed by atoms with Gasteiger partial charge in [-0.2, -0.15) is 0 Å². The summed E-state index contributed by atoms with van der Waals surface area (Å²) < 4.78 is 0.846. The van der Waals surface area contributed by atoms with E-state index in [1.54, 1.807) is 0 Å². The molecule has 0 bridgehead atoms. The smallest absolute Gasteiger partial charge is 0.227 e. The summed E-state index contributed by atoms with van der Waals surface area (Å²) in [6.07, 6.45) is 1.28. The van der Waals surface area contributed by atoms with E-state index < -0.39 is 0 Å². The van der Waals surface area contributed by atoms with Crippen LogP contribution < -0.4 is 5.73 Å². The average molecular weight is 318 g/mol. The molecule has 1 aromatic carbocycles. The number of rotatable bonds is 2. The number of amides is 1. The Morgan fingerprint density at radius 2 is 2.35 bits per heavy atom. The number of nitrogens with two attached hydrogens (primary N) is 1. The summed E-state index contributed by atoms with van der Waals surface area (Å²) in [5.74, 6) is 0.122. The quantitative estimate of drug-likeness (QED) is 0.909. The SMILES string of the molecule is NC1CCN(C(=O)Cc2ccc(Br)c(Cl)c2)C1. The fourth-order valence-corrected chi connectivity index (χ4v) is 2.40. The second-order valence-electron chi connectivity index (χ2n) is 4.31. The fourth-order valence-electron chi connectivity index (χ4n) is 1.95. The van der Waals surface area contributed by atoms with Gasteiger partial charge in [0.15, 0.2) is 0 Å². The zero-order valence-corrected chi connectivity index (χ0v) is 11.7. The van der Waals surface area contributed by atoms with E-state index in [2.05, 4.69) is 15.9 Å². The molecule has 0 radical (unpaired) electrons. The maximum Gasteiger partial charge on any atom is 0.227 e. The van der Waals surface area contributed by atoms with Crippen LogP contribution in [-0.4, -0.2) is 29.9 Å². The number of nitrogens with zero attached hydrogens (tertiary/aromatic N) is 1. The van der Waals surface area contributed by atoms with Crippen LogP contribution in [0.15, 0.2) is 22.7 Å². The van der Waals surface area contributed by atoms with Gasteiger partial charge in [0, 0.05) is 23.6 Å². The summed E-state index contributed by atoms with van der Waals surface area (Å²) in [6, 6.07) is 5.72. The van der Waals surface area contributed by atoms with E-state index in [9.17, 15) is 4.79 Å². The van der Waals surface area contributed by atoms with Crippen LogP contribution in [0.25, 0.3) is 0 Å². The molecule has 0 aromatic heterocycles. The Kier molecular flexibility index (Phi) is 4.07. The molecule has 5 heteroatoms. The summed E-state index contributed by atoms with van der Waals surface area (Å²) in [5.41, 5.74) is 6.71. The maximum atomic E-state index is 12.0. The summed E-state index contributed by atoms with van der Waals surface area (Å²) in [6.45, 7) is 1.44. The van der Waals surface area contributed by atoms with E-state index >= 15 is 0 Å². The van der Waals surface area contributed by atoms with Crippen molar-refractivity contribution in [3.63, 3.8) is 0 Å². The largest absolute Gasteiger partial charge is 0.341 e. The highest BCUT2D eigenvalue weighted by Crippen LogP contribution is 2.23. The summed E-state index contributed by atoms with van der Waals surface area (Å²) in [4.78, 5) is 13.8. The highest BCUT2D eigenvalue weighted by molar-refractivity contribution is 9.10. The monoisotopic (exact) mass is 316 g/mol. The van der Waals surface area contributed by atoms with E-state index in [0.717, 1.165) is 23.0 Å². The molecule has 1 fully saturated rings. The molecule has 1 amide bonds. The molecule has 1 atom stereocenters. The molecule has 2 rings (SSSR count). The molecule has 0 spiro atoms. The minimum absolute atomic E-state index is 0.122. The summed E-state index contributed by atoms with van der Waals surface area (Å²) >= 11 is 9.31. The third kappa shape index (κ3) is 3.21. The first-order valence-electron chi connectivity index (χ1n) is 5.53. The Morgan fingerprint density at radius 3 is 2.94 bits per heavy atom. The van der Waals surface area contributed by atoms with Crippen molar-refractivity contribution in [1.82, 2.24) is 4.90 Å². The third-order valence-corrected chi connectivity index (χ3v) is 4.15. The van der Waals surface area contributed by atoms with Gasteiger partial charge in [-0.15, -0.1) is 0 Å². The zero-order chi connectivity index (χ0) is 12.4. The predicted octanol–water partition coefficient (Wildman–Crippen LogP) is 2.20. The number of carbonyl (C=O) groups excluding carboxylic acids is 1. The number of hydrogen-bond donors (Lipinski definition) is 1. The second-order valence-corrected chi connectivity index (χ2v) is 5.58. The van der Waals surface area contributed by atoms with Gasteiger partial charge in [0.25, 0.3) is 0 Å². The third-order valence-electron chi connectivity index (χ3n) is 2.92. The molecular weight excluding hydrogens is 304 g/mol. The molecule has 3 nitrogen and oxygen atoms in total. The first-order valence-corrected chi connectivity index (χ1v) is 6.70. The number of carbonyl (C=O) groups is 1. The molecule has 1 aliphatic rings. The molecule has 1 aliphatic heterocycles. The van der Waals surface area contributed by atoms with Crippen LogP contribution in [0.5, 0.6) is 0 Å². The summed E-state index contributed by atoms with van der Waals surface area (Å²) in [5, 5.41) is 0.633. The van der Waals surface area contributed by atoms with Gasteiger partial charge in [-0.05, 0) is 40.0 Å². The van der Waals surface area contributed by atoms with Gasteiger partial charge >= 0.3 is 0 Å². The summed E-state index contributed by atoms with van der Waals surface area (Å²) in [7, 11) is 0. The van der Waals surface area contributed by atoms with E-state index in [0.29, 0.717) is 18.0 Å². The zero-order valence-electron chi connectivity index (χ0n) is 9.33. The van der Waals surface area contributed by atoms with E-state index in [1.807, 2.05) is 23.1 Å². The van der Waals surface area contributed by atoms with Gasteiger partial charge in [0.2, 0.25) is 5.91 Å². The van der Waals surface area contributed by atoms with Crippen LogP contribution in [0.2, 0.25) is 5.02 Å². The van der Waals surface area contributed by atoms with Crippen LogP contribution in [0, 0.1) is 0 Å². The first kappa shape index (κ1) is 12.9. The van der Waals surface area contributed by atoms with Crippen LogP contribution in [-0.2, 0) is 11.2 Å². The van der Waals surface area contributed by atoms with Crippen molar-refractivity contribution in [3.8, 4) is 0 Å². The highest BCUT2D eigenvalue weighted by atomic mass is 79.9. The van der Waals surface area contributed by atoms with Crippen molar-refractivity contribution >= 4 is 33.4 Å². The first-order chi connectivity index (χ1) is 8.06. The highest BCUT2D eigenvalue weighted by Gasteiger charge is 2.23. The van der Waals surface area contributed by atoms with Crippen molar-refractivity contribution in [1.29, 1.82) is 0 Å². The number of hydrogen-bond acceptors (Lipinski definition) is 2. The van der Waals surface area contributed by atoms with Crippen molar-refractivity contribution in [2.75, 3.05) is 13.1 Å². The molecule has 1 saturated heterocycles. The standard InChI is InChI=1S/C12H14BrClN2O/c13-10-2-1-8(5-11(10)14)6-12(17)16-4-3-9(15)7-16/h1-2,5,9H,3-4,6-7,15H2. The maximum absolute atomic E-state index is 12.0. The number of halogens is 2. The lowest BCUT2D eigenvalue weighted by Crippen LogP contribution is -2.32. The Labute approximate surface area is 114 Å². The molecule has 0 saturated carbocycles. The van der Waals surface area contributed by atoms with Crippen molar-refractivity contribution in [3.05, 3.63) is 33.3 Å². The molecule has 1 aromatic rings. The van der Waals surface area contributed by atoms with Gasteiger partial charge in [0.05, 0.1) is 11.4 Å². The van der Waals surface area contributed by atoms with Crippen molar-refractivity contribution in [2.45, 2.75) is 18.9 Å². The molecule has 17 heavy (non-hydrogen) atoms. The van der Waals surface area contributed by atoms with E-state index in [1.165, 1.54) is 0 Å². The minimum atomic E-state index is 0.122. The van der Waals surface area contributed by atoms with Crippen LogP contribution in [0.4, 0.5) is 0 Å². The lowest BCUT2D eigenvalue weighted by molar-refractivity contribution is -0.129. The lowest BCUT2D eigenvalue weighted by atomic mass is 10.1. The normalized spacial score (nSPS) is 19.7. The van der Waals surface area contributed by atoms with Crippen molar-refractivity contribution < 1.29 is 4.79 Å². The van der Waals surface area contributed by atoms with Gasteiger partial charge in [-0.1, -0.05) is 17.7 Å². The van der Waals surface area contributed by atoms with E-state index in [4.69, 9.17) is 17.3 Å². The van der Waals surface area contributed by atoms with Gasteiger partial charge in [0.1, 0.15) is 0 Å². The molecular formula is C12H14BrClN2O. The van der Waals surface area contributed by atoms with Crippen LogP contribution in [0.1, 0.15) is 12.0 Å². The molecule has 1 unspecified atom stereocenters. The molecule has 1 heterocycles. The Bertz CT molecular complexity index is 439. The molecule has 92 valence electrons. The van der Waals surface area contributed by atoms with E-state index in [-0.39, 0.29) is 11.9 Å². The Hall–Kier alpha value is -0.580. The Balaban J connectivity index is 2.00. The Morgan fingerprint density at radius 1 is 1.59 bits per heavy atom. The van der Waals surface area contributed by atoms with Gasteiger partial charge in [-0.3, -0.25) is 4.79 Å². The van der Waals surface area contributed by atoms with Crippen LogP contribution in [0.3, 0.4) is 0 Å². The topological polar surface area (TPSA) is 46.3 Å². The second kappa shape index (κ2) is 5.38. The van der Waals surface area contributed by atoms with Crippen molar-refractivity contribution in [2.24, 2.45) is 5.73 Å². The lowest BCUT2D eigenvalue weighted by Gasteiger charge is -2.15. The predicted molar refractivity (Wildman–Crippen MR) is 72.0 cm³/mol. The fraction of sp³-hybridized carbons (Fsp3) is 0.417. The van der Waals surface area contributed by atoms with Crippen LogP contribution >= 0.6 is 27.5 Å². The van der Waals surface area contributed by atoms with Gasteiger partial charge < -0.3 is 10.6 Å². The minimum Gasteiger partial charge on any atom is -0.341 e. The van der Waals surface area contributed by atoms with Gasteiger partial charge in [-0.25, -0.2) is 0 Å².